The highest BCUT2D eigenvalue weighted by atomic mass is 127. The Balaban J connectivity index is 0.00000385. The molecule has 33 heavy (non-hydrogen) atoms. The van der Waals surface area contributed by atoms with Gasteiger partial charge in [0, 0.05) is 45.8 Å². The topological polar surface area (TPSA) is 52.1 Å². The highest BCUT2D eigenvalue weighted by molar-refractivity contribution is 14.0. The van der Waals surface area contributed by atoms with Crippen LogP contribution in [-0.2, 0) is 17.8 Å². The lowest BCUT2D eigenvalue weighted by Crippen LogP contribution is -2.49. The Hall–Kier alpha value is -0.900. The van der Waals surface area contributed by atoms with Crippen molar-refractivity contribution in [2.45, 2.75) is 77.6 Å². The summed E-state index contributed by atoms with van der Waals surface area (Å²) < 4.78 is 5.70. The molecule has 0 aliphatic carbocycles. The Morgan fingerprint density at radius 3 is 2.30 bits per heavy atom. The predicted octanol–water partition coefficient (Wildman–Crippen LogP) is 4.24. The van der Waals surface area contributed by atoms with Gasteiger partial charge in [0.1, 0.15) is 0 Å². The van der Waals surface area contributed by atoms with Crippen LogP contribution in [0.15, 0.2) is 29.3 Å². The average Bonchev–Trinajstić information content (AvgIpc) is 3.07. The second kappa shape index (κ2) is 15.9. The number of nitrogens with one attached hydrogen (secondary N) is 2. The van der Waals surface area contributed by atoms with Gasteiger partial charge in [-0.05, 0) is 63.7 Å². The minimum Gasteiger partial charge on any atom is -0.377 e. The first-order valence-electron chi connectivity index (χ1n) is 12.7. The van der Waals surface area contributed by atoms with E-state index in [0.717, 1.165) is 58.1 Å². The fourth-order valence-corrected chi connectivity index (χ4v) is 4.70. The molecule has 2 saturated heterocycles. The second-order valence-corrected chi connectivity index (χ2v) is 9.56. The van der Waals surface area contributed by atoms with Gasteiger partial charge in [0.15, 0.2) is 5.96 Å². The summed E-state index contributed by atoms with van der Waals surface area (Å²) >= 11 is 0. The van der Waals surface area contributed by atoms with Gasteiger partial charge in [-0.25, -0.2) is 0 Å². The van der Waals surface area contributed by atoms with Crippen molar-refractivity contribution < 1.29 is 4.74 Å². The number of guanidine groups is 1. The minimum atomic E-state index is 0. The number of benzene rings is 1. The van der Waals surface area contributed by atoms with Crippen LogP contribution in [-0.4, -0.2) is 74.3 Å². The third-order valence-corrected chi connectivity index (χ3v) is 6.67. The lowest BCUT2D eigenvalue weighted by Gasteiger charge is -2.33. The molecule has 0 bridgehead atoms. The summed E-state index contributed by atoms with van der Waals surface area (Å²) in [5.41, 5.74) is 2.81. The molecule has 0 unspecified atom stereocenters. The van der Waals surface area contributed by atoms with Crippen LogP contribution < -0.4 is 10.6 Å². The van der Waals surface area contributed by atoms with E-state index >= 15 is 0 Å². The van der Waals surface area contributed by atoms with Crippen LogP contribution in [0.4, 0.5) is 0 Å². The lowest BCUT2D eigenvalue weighted by molar-refractivity contribution is 0.0532. The second-order valence-electron chi connectivity index (χ2n) is 9.56. The largest absolute Gasteiger partial charge is 0.377 e. The maximum absolute atomic E-state index is 5.70. The Kier molecular flexibility index (Phi) is 13.7. The van der Waals surface area contributed by atoms with E-state index in [9.17, 15) is 0 Å². The molecule has 0 spiro atoms. The number of nitrogens with zero attached hydrogens (tertiary/aromatic N) is 3. The number of rotatable bonds is 9. The van der Waals surface area contributed by atoms with Crippen molar-refractivity contribution in [2.24, 2.45) is 4.99 Å². The predicted molar refractivity (Wildman–Crippen MR) is 149 cm³/mol. The molecular weight excluding hydrogens is 525 g/mol. The third kappa shape index (κ3) is 10.5. The van der Waals surface area contributed by atoms with Crippen molar-refractivity contribution in [3.8, 4) is 0 Å². The summed E-state index contributed by atoms with van der Waals surface area (Å²) in [4.78, 5) is 9.63. The molecule has 2 aliphatic rings. The Morgan fingerprint density at radius 1 is 1.00 bits per heavy atom. The first-order chi connectivity index (χ1) is 15.6. The standard InChI is InChI=1S/C26H45N5O.HI/c1-22(2)32-19-18-30-16-12-25(13-17-30)29-26(27-3)28-20-23-10-6-7-11-24(23)21-31-14-8-4-5-9-15-31;/h6-7,10-11,22,25H,4-5,8-9,12-21H2,1-3H3,(H2,27,28,29);1H. The zero-order valence-electron chi connectivity index (χ0n) is 21.0. The summed E-state index contributed by atoms with van der Waals surface area (Å²) in [7, 11) is 1.87. The third-order valence-electron chi connectivity index (χ3n) is 6.67. The van der Waals surface area contributed by atoms with Crippen LogP contribution in [0, 0.1) is 0 Å². The van der Waals surface area contributed by atoms with Crippen LogP contribution in [0.25, 0.3) is 0 Å². The van der Waals surface area contributed by atoms with Gasteiger partial charge in [-0.1, -0.05) is 37.1 Å². The number of piperidine rings is 1. The summed E-state index contributed by atoms with van der Waals surface area (Å²) in [6.45, 7) is 12.6. The van der Waals surface area contributed by atoms with Gasteiger partial charge in [0.25, 0.3) is 0 Å². The smallest absolute Gasteiger partial charge is 0.191 e. The quantitative estimate of drug-likeness (QED) is 0.264. The van der Waals surface area contributed by atoms with Crippen LogP contribution in [0.3, 0.4) is 0 Å². The maximum Gasteiger partial charge on any atom is 0.191 e. The molecule has 3 rings (SSSR count). The molecule has 2 heterocycles. The molecule has 0 aromatic heterocycles. The number of ether oxygens (including phenoxy) is 1. The molecular formula is C26H46IN5O. The summed E-state index contributed by atoms with van der Waals surface area (Å²) in [5.74, 6) is 0.913. The molecule has 1 aromatic carbocycles. The van der Waals surface area contributed by atoms with E-state index in [1.807, 2.05) is 7.05 Å². The van der Waals surface area contributed by atoms with E-state index in [2.05, 4.69) is 63.5 Å². The summed E-state index contributed by atoms with van der Waals surface area (Å²) in [5, 5.41) is 7.22. The van der Waals surface area contributed by atoms with Crippen LogP contribution >= 0.6 is 24.0 Å². The van der Waals surface area contributed by atoms with Crippen LogP contribution in [0.5, 0.6) is 0 Å². The Labute approximate surface area is 218 Å². The molecule has 6 nitrogen and oxygen atoms in total. The van der Waals surface area contributed by atoms with E-state index in [-0.39, 0.29) is 24.0 Å². The van der Waals surface area contributed by atoms with Crippen molar-refractivity contribution in [1.82, 2.24) is 20.4 Å². The van der Waals surface area contributed by atoms with Gasteiger partial charge in [0.2, 0.25) is 0 Å². The monoisotopic (exact) mass is 571 g/mol. The van der Waals surface area contributed by atoms with Gasteiger partial charge in [-0.3, -0.25) is 9.89 Å². The molecule has 0 saturated carbocycles. The normalized spacial score (nSPS) is 19.2. The van der Waals surface area contributed by atoms with Gasteiger partial charge in [-0.2, -0.15) is 0 Å². The zero-order chi connectivity index (χ0) is 22.6. The van der Waals surface area contributed by atoms with E-state index in [4.69, 9.17) is 4.74 Å². The fraction of sp³-hybridized carbons (Fsp3) is 0.731. The van der Waals surface area contributed by atoms with Crippen molar-refractivity contribution in [2.75, 3.05) is 46.4 Å². The minimum absolute atomic E-state index is 0. The summed E-state index contributed by atoms with van der Waals surface area (Å²) in [6, 6.07) is 9.35. The molecule has 1 aromatic rings. The molecule has 0 atom stereocenters. The van der Waals surface area contributed by atoms with Gasteiger partial charge in [0.05, 0.1) is 12.7 Å². The lowest BCUT2D eigenvalue weighted by atomic mass is 10.1. The highest BCUT2D eigenvalue weighted by Gasteiger charge is 2.20. The van der Waals surface area contributed by atoms with E-state index in [0.29, 0.717) is 12.1 Å². The molecule has 2 aliphatic heterocycles. The molecule has 7 heteroatoms. The van der Waals surface area contributed by atoms with E-state index in [1.54, 1.807) is 0 Å². The van der Waals surface area contributed by atoms with Crippen molar-refractivity contribution in [1.29, 1.82) is 0 Å². The maximum atomic E-state index is 5.70. The van der Waals surface area contributed by atoms with Gasteiger partial charge in [-0.15, -0.1) is 24.0 Å². The average molecular weight is 572 g/mol. The van der Waals surface area contributed by atoms with E-state index < -0.39 is 0 Å². The molecule has 188 valence electrons. The van der Waals surface area contributed by atoms with Crippen molar-refractivity contribution >= 4 is 29.9 Å². The first-order valence-corrected chi connectivity index (χ1v) is 12.7. The Bertz CT molecular complexity index is 683. The van der Waals surface area contributed by atoms with Crippen molar-refractivity contribution in [3.63, 3.8) is 0 Å². The van der Waals surface area contributed by atoms with Gasteiger partial charge < -0.3 is 20.3 Å². The molecule has 2 N–H and O–H groups in total. The first kappa shape index (κ1) is 28.3. The molecule has 0 radical (unpaired) electrons. The summed E-state index contributed by atoms with van der Waals surface area (Å²) in [6.07, 6.45) is 8.04. The Morgan fingerprint density at radius 2 is 1.67 bits per heavy atom. The number of hydrogen-bond donors (Lipinski definition) is 2. The number of halogens is 1. The highest BCUT2D eigenvalue weighted by Crippen LogP contribution is 2.16. The molecule has 2 fully saturated rings. The SMILES string of the molecule is CN=C(NCc1ccccc1CN1CCCCCC1)NC1CCN(CCOC(C)C)CC1.I. The number of likely N-dealkylation sites (tertiary alicyclic amines) is 2. The molecule has 0 amide bonds. The number of aliphatic imine (C=N–C) groups is 1. The van der Waals surface area contributed by atoms with Gasteiger partial charge >= 0.3 is 0 Å². The van der Waals surface area contributed by atoms with Crippen LogP contribution in [0.1, 0.15) is 63.5 Å². The van der Waals surface area contributed by atoms with E-state index in [1.165, 1.54) is 49.9 Å². The zero-order valence-corrected chi connectivity index (χ0v) is 23.4. The number of hydrogen-bond acceptors (Lipinski definition) is 4. The fourth-order valence-electron chi connectivity index (χ4n) is 4.70. The van der Waals surface area contributed by atoms with Crippen molar-refractivity contribution in [3.05, 3.63) is 35.4 Å². The van der Waals surface area contributed by atoms with Crippen LogP contribution in [0.2, 0.25) is 0 Å².